The number of carbonyl (C=O) groups is 9. The van der Waals surface area contributed by atoms with Gasteiger partial charge in [0.05, 0.1) is 39.8 Å². The van der Waals surface area contributed by atoms with Crippen LogP contribution in [0.1, 0.15) is 131 Å². The standard InChI is InChI=1S/C41H47ClN6O8S2.C39H45ClN6O7S2/c1-4-34(45-39(52)37-17-15-31(58-37)22-48(26(3)49)21-28-12-16-36(50)32(20-28)40(53)54)35(25-57-24-29-8-6-7-9-33(29)42)46-47-41(55)44-19-18-27-10-13-30(14-11-27)56-23-38(51)43-5-2;1-3-32(44-37(49)35-16-14-29(55-35)21-41-20-26-11-15-34(47)30(19-26)38(50)51)33(24-54-23-27-7-5-6-8-31(27)40)45-46-39(52)43-18-17-25-9-12-28(13-10-25)53-22-36(48)42-4-2/h6-17,20,34,50H,4-5,18-19,21-25H2,1-3H3,(H,43,51)(H,45,52)(H,53,54)(H2,44,47,55);5-16,19,32,41,47H,3-4,17-18,20-24H2,1-2H3,(H,42,48)(H,44,49)(H,50,51)(H2,43,46,52)/b46-35+;45-33+/t34-;32-/m00/s1. The van der Waals surface area contributed by atoms with E-state index in [-0.39, 0.29) is 78.5 Å². The number of rotatable bonds is 42. The second kappa shape index (κ2) is 47.6. The number of nitrogens with zero attached hydrogens (tertiary/aromatic N) is 3. The van der Waals surface area contributed by atoms with Crippen molar-refractivity contribution in [2.24, 2.45) is 10.2 Å². The number of urea groups is 2. The maximum atomic E-state index is 13.6. The number of nitrogens with one attached hydrogen (secondary N) is 9. The molecule has 33 heteroatoms. The van der Waals surface area contributed by atoms with E-state index in [0.717, 1.165) is 32.0 Å². The topological polar surface area (TPSA) is 389 Å². The second-order valence-corrected chi connectivity index (χ2v) is 30.2. The molecule has 0 saturated heterocycles. The molecule has 8 rings (SSSR count). The Morgan fingerprint density at radius 3 is 1.36 bits per heavy atom. The van der Waals surface area contributed by atoms with Gasteiger partial charge in [0.2, 0.25) is 5.91 Å². The van der Waals surface area contributed by atoms with Crippen LogP contribution in [0.2, 0.25) is 10.0 Å². The van der Waals surface area contributed by atoms with E-state index in [1.54, 1.807) is 66.4 Å². The Labute approximate surface area is 681 Å². The number of thioether (sulfide) groups is 2. The number of hydrogen-bond donors (Lipinski definition) is 13. The van der Waals surface area contributed by atoms with E-state index < -0.39 is 36.1 Å². The lowest BCUT2D eigenvalue weighted by molar-refractivity contribution is -0.130. The van der Waals surface area contributed by atoms with Gasteiger partial charge >= 0.3 is 24.0 Å². The molecular weight excluding hydrogens is 1570 g/mol. The summed E-state index contributed by atoms with van der Waals surface area (Å²) in [5.74, 6) is -1.30. The molecule has 0 unspecified atom stereocenters. The van der Waals surface area contributed by atoms with Crippen LogP contribution in [-0.2, 0) is 64.9 Å². The van der Waals surface area contributed by atoms with Crippen LogP contribution in [0.25, 0.3) is 0 Å². The fraction of sp³-hybridized carbons (Fsp3) is 0.312. The molecule has 600 valence electrons. The second-order valence-electron chi connectivity index (χ2n) is 25.1. The molecule has 113 heavy (non-hydrogen) atoms. The van der Waals surface area contributed by atoms with E-state index >= 15 is 0 Å². The minimum atomic E-state index is -1.28. The van der Waals surface area contributed by atoms with Crippen LogP contribution in [0, 0.1) is 0 Å². The molecule has 0 aliphatic rings. The van der Waals surface area contributed by atoms with Crippen LogP contribution in [0.4, 0.5) is 9.59 Å². The highest BCUT2D eigenvalue weighted by molar-refractivity contribution is 7.99. The Balaban J connectivity index is 0.000000314. The molecule has 0 fully saturated rings. The molecule has 9 amide bonds. The summed E-state index contributed by atoms with van der Waals surface area (Å²) >= 11 is 18.4. The number of benzene rings is 6. The SMILES string of the molecule is CCNC(=O)COc1ccc(CCNC(=O)N/N=C(\CSCc2ccccc2Cl)[C@H](CC)NC(=O)c2ccc(CN(Cc3ccc(O)c(C(=O)O)c3)C(C)=O)s2)cc1.CCNC(=O)COc1ccc(CCNC(=O)N/N=C(\CSCc2ccccc2Cl)[C@H](CC)NC(=O)c2ccc(CNCc3ccc(O)c(C(=O)O)c3)s2)cc1. The quantitative estimate of drug-likeness (QED) is 0.0125. The van der Waals surface area contributed by atoms with Crippen molar-refractivity contribution >= 4 is 134 Å². The zero-order valence-corrected chi connectivity index (χ0v) is 67.7. The van der Waals surface area contributed by atoms with Gasteiger partial charge in [0.1, 0.15) is 34.1 Å². The van der Waals surface area contributed by atoms with Crippen molar-refractivity contribution in [1.29, 1.82) is 0 Å². The molecule has 2 atom stereocenters. The monoisotopic (exact) mass is 1660 g/mol. The number of carboxylic acids is 2. The molecule has 0 aliphatic heterocycles. The fourth-order valence-corrected chi connectivity index (χ4v) is 15.1. The van der Waals surface area contributed by atoms with Gasteiger partial charge in [-0.25, -0.2) is 30.0 Å². The lowest BCUT2D eigenvalue weighted by atomic mass is 10.1. The summed E-state index contributed by atoms with van der Waals surface area (Å²) < 4.78 is 11.0. The van der Waals surface area contributed by atoms with Crippen molar-refractivity contribution in [3.8, 4) is 23.0 Å². The third-order valence-corrected chi connectivity index (χ3v) is 21.6. The summed E-state index contributed by atoms with van der Waals surface area (Å²) in [6, 6.07) is 43.2. The molecule has 0 bridgehead atoms. The molecule has 13 N–H and O–H groups in total. The van der Waals surface area contributed by atoms with Gasteiger partial charge in [0.25, 0.3) is 23.6 Å². The van der Waals surface area contributed by atoms with Crippen molar-refractivity contribution in [3.63, 3.8) is 0 Å². The summed E-state index contributed by atoms with van der Waals surface area (Å²) in [6.45, 7) is 11.6. The number of halogens is 2. The van der Waals surface area contributed by atoms with Gasteiger partial charge in [-0.2, -0.15) is 33.7 Å². The summed E-state index contributed by atoms with van der Waals surface area (Å²) in [7, 11) is 0. The van der Waals surface area contributed by atoms with Gasteiger partial charge < -0.3 is 72.0 Å². The Morgan fingerprint density at radius 1 is 0.504 bits per heavy atom. The summed E-state index contributed by atoms with van der Waals surface area (Å²) in [5.41, 5.74) is 10.9. The van der Waals surface area contributed by atoms with Gasteiger partial charge in [-0.1, -0.05) is 110 Å². The number of hydrogen-bond acceptors (Lipinski definition) is 20. The van der Waals surface area contributed by atoms with E-state index in [0.29, 0.717) is 142 Å². The predicted octanol–water partition coefficient (Wildman–Crippen LogP) is 12.2. The van der Waals surface area contributed by atoms with Crippen LogP contribution in [0.5, 0.6) is 23.0 Å². The molecule has 0 aliphatic carbocycles. The van der Waals surface area contributed by atoms with Crippen molar-refractivity contribution in [1.82, 2.24) is 53.0 Å². The number of aromatic carboxylic acids is 2. The minimum Gasteiger partial charge on any atom is -0.507 e. The third-order valence-electron chi connectivity index (χ3n) is 16.6. The number of hydrazone groups is 2. The van der Waals surface area contributed by atoms with Crippen molar-refractivity contribution in [2.45, 2.75) is 110 Å². The highest BCUT2D eigenvalue weighted by Gasteiger charge is 2.24. The smallest absolute Gasteiger partial charge is 0.339 e. The van der Waals surface area contributed by atoms with E-state index in [4.69, 9.17) is 32.7 Å². The van der Waals surface area contributed by atoms with Gasteiger partial charge in [0.15, 0.2) is 13.2 Å². The number of carbonyl (C=O) groups excluding carboxylic acids is 7. The zero-order valence-electron chi connectivity index (χ0n) is 62.9. The normalized spacial score (nSPS) is 11.7. The van der Waals surface area contributed by atoms with E-state index in [1.165, 1.54) is 70.5 Å². The van der Waals surface area contributed by atoms with Gasteiger partial charge in [0, 0.05) is 95.5 Å². The van der Waals surface area contributed by atoms with Gasteiger partial charge in [-0.15, -0.1) is 22.7 Å². The largest absolute Gasteiger partial charge is 0.507 e. The van der Waals surface area contributed by atoms with Gasteiger partial charge in [-0.05, 0) is 158 Å². The van der Waals surface area contributed by atoms with Crippen molar-refractivity contribution in [3.05, 3.63) is 232 Å². The van der Waals surface area contributed by atoms with Crippen LogP contribution in [0.15, 0.2) is 168 Å². The van der Waals surface area contributed by atoms with Crippen LogP contribution in [0.3, 0.4) is 0 Å². The first-order valence-corrected chi connectivity index (χ1v) is 40.8. The molecule has 6 aromatic carbocycles. The van der Waals surface area contributed by atoms with E-state index in [9.17, 15) is 63.6 Å². The number of aromatic hydroxyl groups is 2. The Kier molecular flexibility index (Phi) is 37.7. The van der Waals surface area contributed by atoms with E-state index in [2.05, 4.69) is 58.3 Å². The van der Waals surface area contributed by atoms with Crippen LogP contribution >= 0.6 is 69.4 Å². The average Bonchev–Trinajstić information content (AvgIpc) is 1.80. The molecule has 0 spiro atoms. The molecule has 0 radical (unpaired) electrons. The van der Waals surface area contributed by atoms with Crippen molar-refractivity contribution < 1.29 is 73.1 Å². The first-order chi connectivity index (χ1) is 54.4. The molecule has 27 nitrogen and oxygen atoms in total. The van der Waals surface area contributed by atoms with Gasteiger partial charge in [-0.3, -0.25) is 24.0 Å². The van der Waals surface area contributed by atoms with E-state index in [1.807, 2.05) is 107 Å². The number of thiophene rings is 2. The molecule has 0 saturated carbocycles. The van der Waals surface area contributed by atoms with Crippen molar-refractivity contribution in [2.75, 3.05) is 50.9 Å². The molecular formula is C80H92Cl2N12O15S4. The summed E-state index contributed by atoms with van der Waals surface area (Å²) in [5, 5.41) is 68.8. The first-order valence-electron chi connectivity index (χ1n) is 36.1. The number of carboxylic acid groups (broad SMARTS) is 2. The summed E-state index contributed by atoms with van der Waals surface area (Å²) in [6.07, 6.45) is 2.10. The average molecular weight is 1660 g/mol. The highest BCUT2D eigenvalue weighted by atomic mass is 35.5. The van der Waals surface area contributed by atoms with Crippen LogP contribution in [-0.4, -0.2) is 153 Å². The Morgan fingerprint density at radius 2 is 0.929 bits per heavy atom. The maximum Gasteiger partial charge on any atom is 0.339 e. The molecule has 2 heterocycles. The number of likely N-dealkylation sites (N-methyl/N-ethyl adjacent to an activating group) is 2. The lowest BCUT2D eigenvalue weighted by Crippen LogP contribution is -2.43. The molecule has 8 aromatic rings. The molecule has 2 aromatic heterocycles. The first kappa shape index (κ1) is 89.5. The predicted molar refractivity (Wildman–Crippen MR) is 444 cm³/mol. The van der Waals surface area contributed by atoms with Crippen LogP contribution < -0.4 is 57.5 Å². The number of ether oxygens (including phenoxy) is 2. The Hall–Kier alpha value is -10.7. The number of phenols is 2. The highest BCUT2D eigenvalue weighted by Crippen LogP contribution is 2.27. The zero-order chi connectivity index (χ0) is 81.6. The Bertz CT molecular complexity index is 4590. The lowest BCUT2D eigenvalue weighted by Gasteiger charge is -2.21. The number of amides is 9. The maximum absolute atomic E-state index is 13.6. The minimum absolute atomic E-state index is 0.0600. The summed E-state index contributed by atoms with van der Waals surface area (Å²) in [4.78, 5) is 115. The fourth-order valence-electron chi connectivity index (χ4n) is 10.7. The third kappa shape index (κ3) is 31.1.